The summed E-state index contributed by atoms with van der Waals surface area (Å²) >= 11 is 1.50. The second-order valence-corrected chi connectivity index (χ2v) is 5.68. The van der Waals surface area contributed by atoms with E-state index in [0.29, 0.717) is 25.3 Å². The summed E-state index contributed by atoms with van der Waals surface area (Å²) in [5.74, 6) is 0.0424. The van der Waals surface area contributed by atoms with Crippen molar-refractivity contribution in [3.8, 4) is 0 Å². The highest BCUT2D eigenvalue weighted by molar-refractivity contribution is 7.98. The van der Waals surface area contributed by atoms with Gasteiger partial charge in [0.2, 0.25) is 0 Å². The van der Waals surface area contributed by atoms with Gasteiger partial charge in [0.25, 0.3) is 5.91 Å². The van der Waals surface area contributed by atoms with E-state index in [1.807, 2.05) is 31.1 Å². The van der Waals surface area contributed by atoms with Gasteiger partial charge in [0, 0.05) is 12.7 Å². The van der Waals surface area contributed by atoms with Crippen LogP contribution in [-0.4, -0.2) is 47.3 Å². The molecule has 4 nitrogen and oxygen atoms in total. The fourth-order valence-corrected chi connectivity index (χ4v) is 2.64. The maximum atomic E-state index is 12.6. The Morgan fingerprint density at radius 1 is 1.56 bits per heavy atom. The molecule has 0 bridgehead atoms. The molecular formula is C13H18N2O2S. The smallest absolute Gasteiger partial charge is 0.257 e. The van der Waals surface area contributed by atoms with Gasteiger partial charge < -0.3 is 9.64 Å². The summed E-state index contributed by atoms with van der Waals surface area (Å²) < 4.78 is 5.44. The summed E-state index contributed by atoms with van der Waals surface area (Å²) in [6.07, 6.45) is 3.65. The van der Waals surface area contributed by atoms with Crippen molar-refractivity contribution in [2.45, 2.75) is 24.4 Å². The Kier molecular flexibility index (Phi) is 3.92. The number of aromatic nitrogens is 1. The van der Waals surface area contributed by atoms with Gasteiger partial charge in [-0.15, -0.1) is 11.8 Å². The van der Waals surface area contributed by atoms with Crippen LogP contribution in [0.25, 0.3) is 0 Å². The molecule has 0 aromatic carbocycles. The van der Waals surface area contributed by atoms with Crippen molar-refractivity contribution in [2.75, 3.05) is 26.0 Å². The van der Waals surface area contributed by atoms with Crippen LogP contribution < -0.4 is 0 Å². The Morgan fingerprint density at radius 2 is 2.33 bits per heavy atom. The highest BCUT2D eigenvalue weighted by atomic mass is 32.2. The van der Waals surface area contributed by atoms with Crippen molar-refractivity contribution in [1.82, 2.24) is 9.88 Å². The Hall–Kier alpha value is -1.07. The molecule has 0 spiro atoms. The molecule has 1 fully saturated rings. The standard InChI is InChI=1S/C13H18N2O2S/c1-13(2)9-17-8-7-15(13)12(16)10-5-4-6-14-11(10)18-3/h4-6H,7-9H2,1-3H3. The topological polar surface area (TPSA) is 42.4 Å². The number of carbonyl (C=O) groups is 1. The average Bonchev–Trinajstić information content (AvgIpc) is 2.37. The van der Waals surface area contributed by atoms with Crippen LogP contribution in [0.4, 0.5) is 0 Å². The third-order valence-electron chi connectivity index (χ3n) is 3.09. The minimum Gasteiger partial charge on any atom is -0.377 e. The molecule has 5 heteroatoms. The summed E-state index contributed by atoms with van der Waals surface area (Å²) in [6, 6.07) is 3.65. The van der Waals surface area contributed by atoms with E-state index >= 15 is 0 Å². The van der Waals surface area contributed by atoms with E-state index in [-0.39, 0.29) is 11.4 Å². The number of thioether (sulfide) groups is 1. The maximum absolute atomic E-state index is 12.6. The first kappa shape index (κ1) is 13.4. The molecule has 1 saturated heterocycles. The zero-order valence-electron chi connectivity index (χ0n) is 11.0. The Balaban J connectivity index is 2.30. The third kappa shape index (κ3) is 2.52. The van der Waals surface area contributed by atoms with Crippen LogP contribution >= 0.6 is 11.8 Å². The number of hydrogen-bond acceptors (Lipinski definition) is 4. The highest BCUT2D eigenvalue weighted by Gasteiger charge is 2.35. The fraction of sp³-hybridized carbons (Fsp3) is 0.538. The molecule has 2 heterocycles. The van der Waals surface area contributed by atoms with Crippen LogP contribution in [-0.2, 0) is 4.74 Å². The molecule has 1 aromatic rings. The van der Waals surface area contributed by atoms with E-state index in [9.17, 15) is 4.79 Å². The van der Waals surface area contributed by atoms with E-state index in [2.05, 4.69) is 4.98 Å². The number of hydrogen-bond donors (Lipinski definition) is 0. The van der Waals surface area contributed by atoms with Crippen LogP contribution in [0, 0.1) is 0 Å². The minimum atomic E-state index is -0.263. The lowest BCUT2D eigenvalue weighted by Gasteiger charge is -2.42. The fourth-order valence-electron chi connectivity index (χ4n) is 2.10. The van der Waals surface area contributed by atoms with E-state index < -0.39 is 0 Å². The van der Waals surface area contributed by atoms with Crippen LogP contribution in [0.1, 0.15) is 24.2 Å². The Bertz CT molecular complexity index is 448. The predicted octanol–water partition coefficient (Wildman–Crippen LogP) is 2.05. The molecule has 0 unspecified atom stereocenters. The first-order chi connectivity index (χ1) is 8.56. The number of pyridine rings is 1. The summed E-state index contributed by atoms with van der Waals surface area (Å²) in [6.45, 7) is 5.87. The number of carbonyl (C=O) groups excluding carboxylic acids is 1. The molecule has 2 rings (SSSR count). The van der Waals surface area contributed by atoms with Crippen LogP contribution in [0.5, 0.6) is 0 Å². The molecule has 1 amide bonds. The molecule has 1 aliphatic heterocycles. The number of rotatable bonds is 2. The van der Waals surface area contributed by atoms with E-state index in [1.54, 1.807) is 12.3 Å². The van der Waals surface area contributed by atoms with Gasteiger partial charge in [-0.3, -0.25) is 4.79 Å². The summed E-state index contributed by atoms with van der Waals surface area (Å²) in [4.78, 5) is 18.7. The van der Waals surface area contributed by atoms with Crippen molar-refractivity contribution in [1.29, 1.82) is 0 Å². The highest BCUT2D eigenvalue weighted by Crippen LogP contribution is 2.25. The second-order valence-electron chi connectivity index (χ2n) is 4.88. The van der Waals surface area contributed by atoms with Gasteiger partial charge in [-0.2, -0.15) is 0 Å². The van der Waals surface area contributed by atoms with Gasteiger partial charge in [0.05, 0.1) is 24.3 Å². The minimum absolute atomic E-state index is 0.0424. The van der Waals surface area contributed by atoms with Crippen LogP contribution in [0.3, 0.4) is 0 Å². The predicted molar refractivity (Wildman–Crippen MR) is 72.0 cm³/mol. The van der Waals surface area contributed by atoms with Gasteiger partial charge >= 0.3 is 0 Å². The number of morpholine rings is 1. The molecule has 98 valence electrons. The molecule has 0 N–H and O–H groups in total. The molecule has 0 saturated carbocycles. The van der Waals surface area contributed by atoms with Gasteiger partial charge in [-0.05, 0) is 32.2 Å². The first-order valence-corrected chi connectivity index (χ1v) is 7.17. The quantitative estimate of drug-likeness (QED) is 0.768. The monoisotopic (exact) mass is 266 g/mol. The zero-order chi connectivity index (χ0) is 13.2. The Morgan fingerprint density at radius 3 is 3.00 bits per heavy atom. The molecule has 0 atom stereocenters. The first-order valence-electron chi connectivity index (χ1n) is 5.95. The summed E-state index contributed by atoms with van der Waals surface area (Å²) in [5, 5.41) is 0.782. The molecule has 0 radical (unpaired) electrons. The van der Waals surface area contributed by atoms with Crippen molar-refractivity contribution in [2.24, 2.45) is 0 Å². The zero-order valence-corrected chi connectivity index (χ0v) is 11.8. The van der Waals surface area contributed by atoms with Crippen molar-refractivity contribution in [3.05, 3.63) is 23.9 Å². The van der Waals surface area contributed by atoms with Gasteiger partial charge in [-0.25, -0.2) is 4.98 Å². The molecule has 1 aromatic heterocycles. The van der Waals surface area contributed by atoms with Crippen LogP contribution in [0.15, 0.2) is 23.4 Å². The summed E-state index contributed by atoms with van der Waals surface area (Å²) in [5.41, 5.74) is 0.417. The normalized spacial score (nSPS) is 18.7. The second kappa shape index (κ2) is 5.28. The number of amides is 1. The molecule has 0 aliphatic carbocycles. The van der Waals surface area contributed by atoms with Crippen molar-refractivity contribution < 1.29 is 9.53 Å². The molecular weight excluding hydrogens is 248 g/mol. The van der Waals surface area contributed by atoms with Crippen molar-refractivity contribution >= 4 is 17.7 Å². The SMILES string of the molecule is CSc1ncccc1C(=O)N1CCOCC1(C)C. The molecule has 1 aliphatic rings. The Labute approximate surface area is 112 Å². The van der Waals surface area contributed by atoms with Crippen LogP contribution in [0.2, 0.25) is 0 Å². The molecule has 18 heavy (non-hydrogen) atoms. The van der Waals surface area contributed by atoms with Gasteiger partial charge in [0.15, 0.2) is 0 Å². The lowest BCUT2D eigenvalue weighted by Crippen LogP contribution is -2.55. The van der Waals surface area contributed by atoms with Crippen molar-refractivity contribution in [3.63, 3.8) is 0 Å². The number of ether oxygens (including phenoxy) is 1. The average molecular weight is 266 g/mol. The largest absolute Gasteiger partial charge is 0.377 e. The van der Waals surface area contributed by atoms with E-state index in [1.165, 1.54) is 11.8 Å². The summed E-state index contributed by atoms with van der Waals surface area (Å²) in [7, 11) is 0. The van der Waals surface area contributed by atoms with Gasteiger partial charge in [0.1, 0.15) is 5.03 Å². The number of nitrogens with zero attached hydrogens (tertiary/aromatic N) is 2. The van der Waals surface area contributed by atoms with E-state index in [4.69, 9.17) is 4.74 Å². The lowest BCUT2D eigenvalue weighted by molar-refractivity contribution is -0.0372. The maximum Gasteiger partial charge on any atom is 0.257 e. The van der Waals surface area contributed by atoms with E-state index in [0.717, 1.165) is 5.03 Å². The van der Waals surface area contributed by atoms with Gasteiger partial charge in [-0.1, -0.05) is 0 Å². The third-order valence-corrected chi connectivity index (χ3v) is 3.80. The lowest BCUT2D eigenvalue weighted by atomic mass is 10.0.